The molecule has 0 aliphatic heterocycles. The number of halogens is 1. The molecule has 6 heteroatoms. The summed E-state index contributed by atoms with van der Waals surface area (Å²) in [7, 11) is 0. The molecule has 0 spiro atoms. The van der Waals surface area contributed by atoms with Gasteiger partial charge in [-0.2, -0.15) is 5.10 Å². The van der Waals surface area contributed by atoms with E-state index >= 15 is 0 Å². The Morgan fingerprint density at radius 1 is 1.04 bits per heavy atom. The van der Waals surface area contributed by atoms with Crippen LogP contribution in [-0.2, 0) is 0 Å². The molecule has 0 unspecified atom stereocenters. The van der Waals surface area contributed by atoms with Gasteiger partial charge in [0, 0.05) is 22.5 Å². The molecule has 0 fully saturated rings. The first-order valence-corrected chi connectivity index (χ1v) is 8.05. The summed E-state index contributed by atoms with van der Waals surface area (Å²) in [4.78, 5) is 16.9. The first kappa shape index (κ1) is 15.4. The third-order valence-corrected chi connectivity index (χ3v) is 4.00. The molecule has 122 valence electrons. The van der Waals surface area contributed by atoms with Gasteiger partial charge in [0.05, 0.1) is 6.20 Å². The van der Waals surface area contributed by atoms with Gasteiger partial charge in [0.2, 0.25) is 0 Å². The molecular formula is C19H13ClN4O. The van der Waals surface area contributed by atoms with E-state index in [-0.39, 0.29) is 5.91 Å². The van der Waals surface area contributed by atoms with Gasteiger partial charge in [0.1, 0.15) is 5.69 Å². The Morgan fingerprint density at radius 3 is 2.68 bits per heavy atom. The largest absolute Gasteiger partial charge is 0.321 e. The number of nitrogens with one attached hydrogen (secondary N) is 1. The topological polar surface area (TPSA) is 59.3 Å². The van der Waals surface area contributed by atoms with Gasteiger partial charge in [-0.3, -0.25) is 4.79 Å². The van der Waals surface area contributed by atoms with E-state index in [9.17, 15) is 4.79 Å². The van der Waals surface area contributed by atoms with E-state index in [1.165, 1.54) is 0 Å². The summed E-state index contributed by atoms with van der Waals surface area (Å²) in [5, 5.41) is 7.75. The van der Waals surface area contributed by atoms with Gasteiger partial charge in [-0.05, 0) is 35.9 Å². The highest BCUT2D eigenvalue weighted by Gasteiger charge is 2.13. The molecule has 4 rings (SSSR count). The second-order valence-corrected chi connectivity index (χ2v) is 5.91. The smallest absolute Gasteiger partial charge is 0.274 e. The molecule has 2 aromatic carbocycles. The minimum Gasteiger partial charge on any atom is -0.321 e. The number of fused-ring (bicyclic) bond motifs is 1. The Kier molecular flexibility index (Phi) is 3.91. The highest BCUT2D eigenvalue weighted by molar-refractivity contribution is 6.30. The zero-order chi connectivity index (χ0) is 17.2. The Labute approximate surface area is 148 Å². The quantitative estimate of drug-likeness (QED) is 0.600. The lowest BCUT2D eigenvalue weighted by atomic mass is 10.1. The van der Waals surface area contributed by atoms with Gasteiger partial charge in [0.25, 0.3) is 5.91 Å². The van der Waals surface area contributed by atoms with Crippen molar-refractivity contribution in [3.8, 4) is 11.1 Å². The van der Waals surface area contributed by atoms with E-state index in [2.05, 4.69) is 15.4 Å². The number of para-hydroxylation sites is 1. The Bertz CT molecular complexity index is 1060. The molecule has 5 nitrogen and oxygen atoms in total. The minimum absolute atomic E-state index is 0.271. The Balaban J connectivity index is 1.72. The van der Waals surface area contributed by atoms with Crippen LogP contribution in [0.5, 0.6) is 0 Å². The van der Waals surface area contributed by atoms with Crippen molar-refractivity contribution < 1.29 is 4.79 Å². The van der Waals surface area contributed by atoms with Crippen LogP contribution in [0.4, 0.5) is 5.69 Å². The van der Waals surface area contributed by atoms with Crippen molar-refractivity contribution in [2.24, 2.45) is 0 Å². The lowest BCUT2D eigenvalue weighted by molar-refractivity contribution is 0.102. The van der Waals surface area contributed by atoms with Gasteiger partial charge in [-0.25, -0.2) is 9.50 Å². The van der Waals surface area contributed by atoms with Gasteiger partial charge in [-0.1, -0.05) is 41.9 Å². The molecule has 0 radical (unpaired) electrons. The fraction of sp³-hybridized carbons (Fsp3) is 0. The molecule has 0 aliphatic rings. The number of anilines is 1. The summed E-state index contributed by atoms with van der Waals surface area (Å²) in [5.74, 6) is -0.271. The molecule has 1 amide bonds. The number of rotatable bonds is 3. The van der Waals surface area contributed by atoms with Crippen LogP contribution in [0.1, 0.15) is 10.5 Å². The number of carbonyl (C=O) groups excluding carboxylic acids is 1. The summed E-state index contributed by atoms with van der Waals surface area (Å²) >= 11 is 6.07. The second kappa shape index (κ2) is 6.37. The maximum absolute atomic E-state index is 12.5. The third-order valence-electron chi connectivity index (χ3n) is 3.77. The summed E-state index contributed by atoms with van der Waals surface area (Å²) < 4.78 is 1.63. The average Bonchev–Trinajstić information content (AvgIpc) is 3.05. The molecule has 2 aromatic heterocycles. The maximum atomic E-state index is 12.5. The molecule has 25 heavy (non-hydrogen) atoms. The maximum Gasteiger partial charge on any atom is 0.274 e. The lowest BCUT2D eigenvalue weighted by Gasteiger charge is -2.05. The number of aromatic nitrogens is 3. The van der Waals surface area contributed by atoms with Gasteiger partial charge >= 0.3 is 0 Å². The van der Waals surface area contributed by atoms with Crippen molar-refractivity contribution in [2.45, 2.75) is 0 Å². The van der Waals surface area contributed by atoms with Gasteiger partial charge in [0.15, 0.2) is 5.65 Å². The van der Waals surface area contributed by atoms with Crippen LogP contribution in [0.3, 0.4) is 0 Å². The fourth-order valence-corrected chi connectivity index (χ4v) is 2.76. The summed E-state index contributed by atoms with van der Waals surface area (Å²) in [6, 6.07) is 18.4. The molecule has 2 heterocycles. The van der Waals surface area contributed by atoms with Crippen molar-refractivity contribution in [1.82, 2.24) is 14.6 Å². The fourth-order valence-electron chi connectivity index (χ4n) is 2.57. The SMILES string of the molecule is O=C(Nc1ccccc1)c1ccn2ncc(-c3cccc(Cl)c3)c2n1. The molecule has 0 atom stereocenters. The van der Waals surface area contributed by atoms with Gasteiger partial charge < -0.3 is 5.32 Å². The summed E-state index contributed by atoms with van der Waals surface area (Å²) in [6.45, 7) is 0. The second-order valence-electron chi connectivity index (χ2n) is 5.47. The van der Waals surface area contributed by atoms with E-state index in [1.54, 1.807) is 23.0 Å². The molecule has 1 N–H and O–H groups in total. The monoisotopic (exact) mass is 348 g/mol. The highest BCUT2D eigenvalue weighted by Crippen LogP contribution is 2.25. The van der Waals surface area contributed by atoms with E-state index in [0.717, 1.165) is 16.8 Å². The molecule has 4 aromatic rings. The number of amides is 1. The number of nitrogens with zero attached hydrogens (tertiary/aromatic N) is 3. The third kappa shape index (κ3) is 3.09. The molecule has 0 bridgehead atoms. The predicted octanol–water partition coefficient (Wildman–Crippen LogP) is 4.30. The molecule has 0 saturated heterocycles. The van der Waals surface area contributed by atoms with E-state index in [4.69, 9.17) is 11.6 Å². The van der Waals surface area contributed by atoms with Crippen LogP contribution in [0.25, 0.3) is 16.8 Å². The standard InChI is InChI=1S/C19H13ClN4O/c20-14-6-4-5-13(11-14)16-12-21-24-10-9-17(23-18(16)24)19(25)22-15-7-2-1-3-8-15/h1-12H,(H,22,25). The van der Waals surface area contributed by atoms with Crippen molar-refractivity contribution in [3.05, 3.63) is 83.8 Å². The van der Waals surface area contributed by atoms with Crippen LogP contribution in [0.2, 0.25) is 5.02 Å². The molecular weight excluding hydrogens is 336 g/mol. The predicted molar refractivity (Wildman–Crippen MR) is 97.8 cm³/mol. The van der Waals surface area contributed by atoms with Crippen LogP contribution in [0.15, 0.2) is 73.1 Å². The summed E-state index contributed by atoms with van der Waals surface area (Å²) in [5.41, 5.74) is 3.35. The van der Waals surface area contributed by atoms with Crippen LogP contribution in [-0.4, -0.2) is 20.5 Å². The summed E-state index contributed by atoms with van der Waals surface area (Å²) in [6.07, 6.45) is 3.43. The number of hydrogen-bond donors (Lipinski definition) is 1. The van der Waals surface area contributed by atoms with Crippen LogP contribution < -0.4 is 5.32 Å². The minimum atomic E-state index is -0.271. The normalized spacial score (nSPS) is 10.8. The van der Waals surface area contributed by atoms with Crippen molar-refractivity contribution in [2.75, 3.05) is 5.32 Å². The number of hydrogen-bond acceptors (Lipinski definition) is 3. The zero-order valence-corrected chi connectivity index (χ0v) is 13.8. The van der Waals surface area contributed by atoms with Crippen LogP contribution in [0, 0.1) is 0 Å². The van der Waals surface area contributed by atoms with E-state index in [1.807, 2.05) is 54.6 Å². The first-order valence-electron chi connectivity index (χ1n) is 7.67. The zero-order valence-electron chi connectivity index (χ0n) is 13.1. The van der Waals surface area contributed by atoms with Crippen molar-refractivity contribution in [1.29, 1.82) is 0 Å². The van der Waals surface area contributed by atoms with Crippen LogP contribution >= 0.6 is 11.6 Å². The molecule has 0 saturated carbocycles. The van der Waals surface area contributed by atoms with Gasteiger partial charge in [-0.15, -0.1) is 0 Å². The Morgan fingerprint density at radius 2 is 1.88 bits per heavy atom. The Hall–Kier alpha value is -3.18. The first-order chi connectivity index (χ1) is 12.2. The molecule has 0 aliphatic carbocycles. The number of benzene rings is 2. The van der Waals surface area contributed by atoms with E-state index in [0.29, 0.717) is 16.4 Å². The highest BCUT2D eigenvalue weighted by atomic mass is 35.5. The van der Waals surface area contributed by atoms with E-state index < -0.39 is 0 Å². The average molecular weight is 349 g/mol. The lowest BCUT2D eigenvalue weighted by Crippen LogP contribution is -2.14. The van der Waals surface area contributed by atoms with Crippen molar-refractivity contribution in [3.63, 3.8) is 0 Å². The number of carbonyl (C=O) groups is 1. The van der Waals surface area contributed by atoms with Crippen molar-refractivity contribution >= 4 is 28.8 Å².